The number of ether oxygens (including phenoxy) is 1. The van der Waals surface area contributed by atoms with Gasteiger partial charge in [-0.25, -0.2) is 15.8 Å². The third kappa shape index (κ3) is 3.04. The van der Waals surface area contributed by atoms with Gasteiger partial charge in [0.25, 0.3) is 0 Å². The normalized spacial score (nSPS) is 24.3. The van der Waals surface area contributed by atoms with Crippen LogP contribution in [-0.2, 0) is 15.8 Å². The molecule has 19 heavy (non-hydrogen) atoms. The first-order chi connectivity index (χ1) is 8.85. The summed E-state index contributed by atoms with van der Waals surface area (Å²) >= 11 is 0. The Morgan fingerprint density at radius 2 is 2.05 bits per heavy atom. The van der Waals surface area contributed by atoms with Gasteiger partial charge in [-0.05, 0) is 26.2 Å². The fourth-order valence-electron chi connectivity index (χ4n) is 2.25. The molecule has 0 aliphatic carbocycles. The minimum absolute atomic E-state index is 0.0473. The molecule has 0 saturated carbocycles. The minimum Gasteiger partial charge on any atom is -0.367 e. The number of nitrogens with zero attached hydrogens (tertiary/aromatic N) is 2. The van der Waals surface area contributed by atoms with Gasteiger partial charge < -0.3 is 10.2 Å². The van der Waals surface area contributed by atoms with Crippen LogP contribution in [0.15, 0.2) is 6.07 Å². The summed E-state index contributed by atoms with van der Waals surface area (Å²) in [5, 5.41) is 0. The van der Waals surface area contributed by atoms with Crippen LogP contribution in [0, 0.1) is 0 Å². The number of nitrogens with one attached hydrogen (secondary N) is 1. The molecule has 5 heteroatoms. The number of hydrazine groups is 1. The zero-order valence-corrected chi connectivity index (χ0v) is 12.3. The van der Waals surface area contributed by atoms with E-state index in [2.05, 4.69) is 38.1 Å². The van der Waals surface area contributed by atoms with Crippen molar-refractivity contribution in [3.63, 3.8) is 0 Å². The van der Waals surface area contributed by atoms with Crippen LogP contribution < -0.4 is 11.3 Å². The zero-order chi connectivity index (χ0) is 14.1. The number of nitrogen functional groups attached to an aromatic ring is 1. The van der Waals surface area contributed by atoms with E-state index in [-0.39, 0.29) is 5.41 Å². The van der Waals surface area contributed by atoms with E-state index < -0.39 is 5.60 Å². The van der Waals surface area contributed by atoms with Crippen molar-refractivity contribution in [3.05, 3.63) is 17.6 Å². The maximum Gasteiger partial charge on any atom is 0.162 e. The van der Waals surface area contributed by atoms with Crippen molar-refractivity contribution >= 4 is 5.82 Å². The maximum atomic E-state index is 5.93. The Hall–Kier alpha value is -1.20. The van der Waals surface area contributed by atoms with Gasteiger partial charge in [0.1, 0.15) is 11.4 Å². The number of hydrogen-bond acceptors (Lipinski definition) is 5. The maximum absolute atomic E-state index is 5.93. The van der Waals surface area contributed by atoms with Crippen molar-refractivity contribution in [3.8, 4) is 0 Å². The molecule has 0 radical (unpaired) electrons. The highest BCUT2D eigenvalue weighted by Crippen LogP contribution is 2.34. The summed E-state index contributed by atoms with van der Waals surface area (Å²) in [5.41, 5.74) is 3.16. The first kappa shape index (κ1) is 14.2. The van der Waals surface area contributed by atoms with Crippen LogP contribution in [0.25, 0.3) is 0 Å². The van der Waals surface area contributed by atoms with Gasteiger partial charge in [0.2, 0.25) is 0 Å². The second-order valence-electron chi connectivity index (χ2n) is 6.39. The van der Waals surface area contributed by atoms with E-state index in [0.717, 1.165) is 37.4 Å². The van der Waals surface area contributed by atoms with Crippen LogP contribution >= 0.6 is 0 Å². The molecule has 1 aliphatic heterocycles. The summed E-state index contributed by atoms with van der Waals surface area (Å²) in [6.07, 6.45) is 3.20. The third-order valence-electron chi connectivity index (χ3n) is 3.58. The Morgan fingerprint density at radius 3 is 2.58 bits per heavy atom. The van der Waals surface area contributed by atoms with E-state index >= 15 is 0 Å². The Kier molecular flexibility index (Phi) is 3.78. The Morgan fingerprint density at radius 1 is 1.32 bits per heavy atom. The molecule has 1 aromatic rings. The predicted octanol–water partition coefficient (Wildman–Crippen LogP) is 2.48. The second kappa shape index (κ2) is 5.06. The number of hydrogen-bond donors (Lipinski definition) is 2. The van der Waals surface area contributed by atoms with Gasteiger partial charge in [0.05, 0.1) is 5.69 Å². The molecule has 1 aromatic heterocycles. The van der Waals surface area contributed by atoms with Crippen LogP contribution in [0.5, 0.6) is 0 Å². The van der Waals surface area contributed by atoms with Gasteiger partial charge in [-0.2, -0.15) is 0 Å². The molecule has 1 unspecified atom stereocenters. The van der Waals surface area contributed by atoms with Gasteiger partial charge in [0, 0.05) is 18.1 Å². The molecule has 0 amide bonds. The van der Waals surface area contributed by atoms with Crippen molar-refractivity contribution < 1.29 is 4.74 Å². The summed E-state index contributed by atoms with van der Waals surface area (Å²) in [7, 11) is 0. The quantitative estimate of drug-likeness (QED) is 0.634. The lowest BCUT2D eigenvalue weighted by Crippen LogP contribution is -2.34. The molecule has 1 aliphatic rings. The smallest absolute Gasteiger partial charge is 0.162 e. The van der Waals surface area contributed by atoms with E-state index in [1.165, 1.54) is 0 Å². The molecule has 1 atom stereocenters. The van der Waals surface area contributed by atoms with Crippen molar-refractivity contribution in [1.29, 1.82) is 0 Å². The van der Waals surface area contributed by atoms with Crippen LogP contribution in [0.2, 0.25) is 0 Å². The topological polar surface area (TPSA) is 73.1 Å². The Bertz CT molecular complexity index is 447. The van der Waals surface area contributed by atoms with Gasteiger partial charge in [-0.3, -0.25) is 0 Å². The fourth-order valence-corrected chi connectivity index (χ4v) is 2.25. The lowest BCUT2D eigenvalue weighted by molar-refractivity contribution is -0.0761. The van der Waals surface area contributed by atoms with Gasteiger partial charge in [0.15, 0.2) is 5.82 Å². The molecule has 2 heterocycles. The summed E-state index contributed by atoms with van der Waals surface area (Å²) < 4.78 is 5.93. The van der Waals surface area contributed by atoms with Crippen LogP contribution in [0.1, 0.15) is 58.5 Å². The molecule has 1 fully saturated rings. The fraction of sp³-hybridized carbons (Fsp3) is 0.714. The number of anilines is 1. The highest BCUT2D eigenvalue weighted by Gasteiger charge is 2.34. The Balaban J connectivity index is 2.44. The zero-order valence-electron chi connectivity index (χ0n) is 12.3. The molecule has 0 spiro atoms. The van der Waals surface area contributed by atoms with Crippen molar-refractivity contribution in [2.24, 2.45) is 5.84 Å². The minimum atomic E-state index is -0.398. The van der Waals surface area contributed by atoms with E-state index in [0.29, 0.717) is 5.82 Å². The molecular weight excluding hydrogens is 240 g/mol. The monoisotopic (exact) mass is 264 g/mol. The van der Waals surface area contributed by atoms with Crippen molar-refractivity contribution in [2.45, 2.75) is 58.0 Å². The molecule has 5 nitrogen and oxygen atoms in total. The molecule has 0 aromatic carbocycles. The average Bonchev–Trinajstić information content (AvgIpc) is 2.38. The summed E-state index contributed by atoms with van der Waals surface area (Å²) in [4.78, 5) is 9.20. The molecule has 3 N–H and O–H groups in total. The highest BCUT2D eigenvalue weighted by atomic mass is 16.5. The van der Waals surface area contributed by atoms with Gasteiger partial charge in [-0.15, -0.1) is 0 Å². The summed E-state index contributed by atoms with van der Waals surface area (Å²) in [5.74, 6) is 6.90. The van der Waals surface area contributed by atoms with Crippen LogP contribution in [0.4, 0.5) is 5.82 Å². The lowest BCUT2D eigenvalue weighted by Gasteiger charge is -2.33. The molecule has 0 bridgehead atoms. The largest absolute Gasteiger partial charge is 0.367 e. The summed E-state index contributed by atoms with van der Waals surface area (Å²) in [6, 6.07) is 1.90. The van der Waals surface area contributed by atoms with E-state index in [9.17, 15) is 0 Å². The van der Waals surface area contributed by atoms with Crippen molar-refractivity contribution in [1.82, 2.24) is 9.97 Å². The standard InChI is InChI=1S/C14H24N4O/c1-13(2,3)10-9-11(18-15)17-12(16-10)14(4)7-5-6-8-19-14/h9H,5-8,15H2,1-4H3,(H,16,17,18). The second-order valence-corrected chi connectivity index (χ2v) is 6.39. The number of aromatic nitrogens is 2. The molecule has 106 valence electrons. The molecular formula is C14H24N4O. The van der Waals surface area contributed by atoms with Crippen LogP contribution in [-0.4, -0.2) is 16.6 Å². The van der Waals surface area contributed by atoms with Gasteiger partial charge in [-0.1, -0.05) is 20.8 Å². The van der Waals surface area contributed by atoms with E-state index in [4.69, 9.17) is 15.6 Å². The summed E-state index contributed by atoms with van der Waals surface area (Å²) in [6.45, 7) is 9.22. The Labute approximate surface area is 114 Å². The first-order valence-corrected chi connectivity index (χ1v) is 6.86. The van der Waals surface area contributed by atoms with Crippen LogP contribution in [0.3, 0.4) is 0 Å². The van der Waals surface area contributed by atoms with Crippen molar-refractivity contribution in [2.75, 3.05) is 12.0 Å². The highest BCUT2D eigenvalue weighted by molar-refractivity contribution is 5.37. The molecule has 1 saturated heterocycles. The van der Waals surface area contributed by atoms with E-state index in [1.807, 2.05) is 6.07 Å². The number of rotatable bonds is 2. The number of nitrogens with two attached hydrogens (primary N) is 1. The SMILES string of the molecule is CC(C)(C)c1cc(NN)nc(C2(C)CCCCO2)n1. The predicted molar refractivity (Wildman–Crippen MR) is 75.7 cm³/mol. The average molecular weight is 264 g/mol. The van der Waals surface area contributed by atoms with E-state index in [1.54, 1.807) is 0 Å². The first-order valence-electron chi connectivity index (χ1n) is 6.86. The third-order valence-corrected chi connectivity index (χ3v) is 3.58. The molecule has 2 rings (SSSR count). The van der Waals surface area contributed by atoms with Gasteiger partial charge >= 0.3 is 0 Å². The lowest BCUT2D eigenvalue weighted by atomic mass is 9.90.